The van der Waals surface area contributed by atoms with Crippen LogP contribution in [0.25, 0.3) is 0 Å². The fraction of sp³-hybridized carbons (Fsp3) is 0.538. The fourth-order valence-corrected chi connectivity index (χ4v) is 2.63. The highest BCUT2D eigenvalue weighted by atomic mass is 35.5. The van der Waals surface area contributed by atoms with Crippen molar-refractivity contribution in [3.63, 3.8) is 0 Å². The third-order valence-corrected chi connectivity index (χ3v) is 3.55. The summed E-state index contributed by atoms with van der Waals surface area (Å²) in [6, 6.07) is 6.20. The van der Waals surface area contributed by atoms with Crippen LogP contribution in [0.4, 0.5) is 0 Å². The minimum absolute atomic E-state index is 0.0589. The van der Waals surface area contributed by atoms with Crippen LogP contribution in [0.3, 0.4) is 0 Å². The topological polar surface area (TPSA) is 38.0 Å². The highest BCUT2D eigenvalue weighted by Gasteiger charge is 2.19. The predicted molar refractivity (Wildman–Crippen MR) is 68.9 cm³/mol. The number of nitrogens with one attached hydrogen (secondary N) is 1. The van der Waals surface area contributed by atoms with Gasteiger partial charge < -0.3 is 11.1 Å². The second-order valence-electron chi connectivity index (χ2n) is 4.59. The SMILES string of the molecule is CC(N)c1cc(Cl)ccc1C1CCNCC1. The van der Waals surface area contributed by atoms with E-state index in [-0.39, 0.29) is 6.04 Å². The van der Waals surface area contributed by atoms with Crippen molar-refractivity contribution in [2.45, 2.75) is 31.7 Å². The first-order valence-electron chi connectivity index (χ1n) is 5.94. The van der Waals surface area contributed by atoms with Crippen molar-refractivity contribution in [1.29, 1.82) is 0 Å². The molecule has 1 aliphatic rings. The first-order chi connectivity index (χ1) is 7.68. The van der Waals surface area contributed by atoms with Gasteiger partial charge >= 0.3 is 0 Å². The molecule has 1 aromatic carbocycles. The van der Waals surface area contributed by atoms with Gasteiger partial charge in [0.25, 0.3) is 0 Å². The summed E-state index contributed by atoms with van der Waals surface area (Å²) in [5.41, 5.74) is 8.61. The second kappa shape index (κ2) is 5.17. The Hall–Kier alpha value is -0.570. The zero-order valence-corrected chi connectivity index (χ0v) is 10.4. The van der Waals surface area contributed by atoms with Gasteiger partial charge in [-0.2, -0.15) is 0 Å². The van der Waals surface area contributed by atoms with Gasteiger partial charge in [0.05, 0.1) is 0 Å². The number of nitrogens with two attached hydrogens (primary N) is 1. The lowest BCUT2D eigenvalue weighted by Gasteiger charge is -2.26. The summed E-state index contributed by atoms with van der Waals surface area (Å²) in [4.78, 5) is 0. The lowest BCUT2D eigenvalue weighted by atomic mass is 9.85. The Morgan fingerprint density at radius 3 is 2.69 bits per heavy atom. The van der Waals surface area contributed by atoms with Crippen LogP contribution in [-0.4, -0.2) is 13.1 Å². The van der Waals surface area contributed by atoms with Crippen LogP contribution in [0.15, 0.2) is 18.2 Å². The first-order valence-corrected chi connectivity index (χ1v) is 6.32. The highest BCUT2D eigenvalue weighted by Crippen LogP contribution is 2.32. The number of hydrogen-bond donors (Lipinski definition) is 2. The van der Waals surface area contributed by atoms with Crippen molar-refractivity contribution in [2.75, 3.05) is 13.1 Å². The zero-order chi connectivity index (χ0) is 11.5. The average Bonchev–Trinajstić information content (AvgIpc) is 2.30. The van der Waals surface area contributed by atoms with Gasteiger partial charge in [0.15, 0.2) is 0 Å². The predicted octanol–water partition coefficient (Wildman–Crippen LogP) is 2.83. The fourth-order valence-electron chi connectivity index (χ4n) is 2.44. The van der Waals surface area contributed by atoms with E-state index in [4.69, 9.17) is 17.3 Å². The van der Waals surface area contributed by atoms with Gasteiger partial charge in [-0.25, -0.2) is 0 Å². The quantitative estimate of drug-likeness (QED) is 0.832. The Labute approximate surface area is 102 Å². The van der Waals surface area contributed by atoms with E-state index in [9.17, 15) is 0 Å². The molecule has 88 valence electrons. The van der Waals surface area contributed by atoms with E-state index in [0.717, 1.165) is 18.1 Å². The first kappa shape index (κ1) is 11.9. The van der Waals surface area contributed by atoms with Crippen LogP contribution in [0.5, 0.6) is 0 Å². The smallest absolute Gasteiger partial charge is 0.0409 e. The van der Waals surface area contributed by atoms with Crippen molar-refractivity contribution < 1.29 is 0 Å². The summed E-state index contributed by atoms with van der Waals surface area (Å²) in [5.74, 6) is 0.638. The summed E-state index contributed by atoms with van der Waals surface area (Å²) in [5, 5.41) is 4.17. The van der Waals surface area contributed by atoms with Gasteiger partial charge in [-0.15, -0.1) is 0 Å². The largest absolute Gasteiger partial charge is 0.324 e. The molecule has 1 atom stereocenters. The molecule has 3 heteroatoms. The second-order valence-corrected chi connectivity index (χ2v) is 5.02. The number of hydrogen-bond acceptors (Lipinski definition) is 2. The highest BCUT2D eigenvalue weighted by molar-refractivity contribution is 6.30. The molecule has 2 rings (SSSR count). The molecule has 1 fully saturated rings. The monoisotopic (exact) mass is 238 g/mol. The third-order valence-electron chi connectivity index (χ3n) is 3.32. The summed E-state index contributed by atoms with van der Waals surface area (Å²) in [7, 11) is 0. The molecule has 0 amide bonds. The van der Waals surface area contributed by atoms with Crippen LogP contribution in [0.1, 0.15) is 42.9 Å². The molecule has 1 aromatic rings. The lowest BCUT2D eigenvalue weighted by molar-refractivity contribution is 0.457. The van der Waals surface area contributed by atoms with Crippen LogP contribution in [0.2, 0.25) is 5.02 Å². The van der Waals surface area contributed by atoms with Crippen molar-refractivity contribution in [3.8, 4) is 0 Å². The number of benzene rings is 1. The molecular weight excluding hydrogens is 220 g/mol. The van der Waals surface area contributed by atoms with E-state index < -0.39 is 0 Å². The molecule has 1 heterocycles. The minimum atomic E-state index is 0.0589. The molecule has 3 N–H and O–H groups in total. The summed E-state index contributed by atoms with van der Waals surface area (Å²) >= 11 is 6.03. The molecule has 1 aliphatic heterocycles. The third kappa shape index (κ3) is 2.57. The zero-order valence-electron chi connectivity index (χ0n) is 9.67. The van der Waals surface area contributed by atoms with Crippen LogP contribution >= 0.6 is 11.6 Å². The van der Waals surface area contributed by atoms with E-state index in [1.54, 1.807) is 0 Å². The normalized spacial score (nSPS) is 19.7. The Balaban J connectivity index is 2.31. The maximum absolute atomic E-state index is 6.03. The van der Waals surface area contributed by atoms with Gasteiger partial charge in [-0.1, -0.05) is 17.7 Å². The molecule has 1 unspecified atom stereocenters. The van der Waals surface area contributed by atoms with Crippen LogP contribution < -0.4 is 11.1 Å². The van der Waals surface area contributed by atoms with E-state index in [1.807, 2.05) is 19.1 Å². The Morgan fingerprint density at radius 2 is 2.06 bits per heavy atom. The van der Waals surface area contributed by atoms with Crippen LogP contribution in [-0.2, 0) is 0 Å². The molecule has 0 spiro atoms. The number of rotatable bonds is 2. The molecule has 0 aromatic heterocycles. The van der Waals surface area contributed by atoms with Crippen molar-refractivity contribution in [1.82, 2.24) is 5.32 Å². The van der Waals surface area contributed by atoms with E-state index in [0.29, 0.717) is 5.92 Å². The molecule has 0 radical (unpaired) electrons. The Morgan fingerprint density at radius 1 is 1.38 bits per heavy atom. The summed E-state index contributed by atoms with van der Waals surface area (Å²) < 4.78 is 0. The summed E-state index contributed by atoms with van der Waals surface area (Å²) in [6.45, 7) is 4.23. The van der Waals surface area contributed by atoms with Crippen LogP contribution in [0, 0.1) is 0 Å². The molecular formula is C13H19ClN2. The van der Waals surface area contributed by atoms with E-state index in [2.05, 4.69) is 11.4 Å². The van der Waals surface area contributed by atoms with Gasteiger partial charge in [0, 0.05) is 11.1 Å². The van der Waals surface area contributed by atoms with Gasteiger partial charge in [0.1, 0.15) is 0 Å². The van der Waals surface area contributed by atoms with Gasteiger partial charge in [-0.05, 0) is 62.0 Å². The average molecular weight is 239 g/mol. The Bertz CT molecular complexity index is 357. The summed E-state index contributed by atoms with van der Waals surface area (Å²) in [6.07, 6.45) is 2.39. The molecule has 1 saturated heterocycles. The Kier molecular flexibility index (Phi) is 3.85. The lowest BCUT2D eigenvalue weighted by Crippen LogP contribution is -2.27. The molecule has 0 aliphatic carbocycles. The van der Waals surface area contributed by atoms with Crippen molar-refractivity contribution in [3.05, 3.63) is 34.3 Å². The molecule has 0 saturated carbocycles. The van der Waals surface area contributed by atoms with Gasteiger partial charge in [0.2, 0.25) is 0 Å². The molecule has 2 nitrogen and oxygen atoms in total. The number of piperidine rings is 1. The number of halogens is 1. The maximum Gasteiger partial charge on any atom is 0.0409 e. The standard InChI is InChI=1S/C13H19ClN2/c1-9(15)13-8-11(14)2-3-12(13)10-4-6-16-7-5-10/h2-3,8-10,16H,4-7,15H2,1H3. The van der Waals surface area contributed by atoms with E-state index in [1.165, 1.54) is 24.0 Å². The van der Waals surface area contributed by atoms with E-state index >= 15 is 0 Å². The molecule has 16 heavy (non-hydrogen) atoms. The van der Waals surface area contributed by atoms with Gasteiger partial charge in [-0.3, -0.25) is 0 Å². The maximum atomic E-state index is 6.03. The van der Waals surface area contributed by atoms with Crippen molar-refractivity contribution in [2.24, 2.45) is 5.73 Å². The van der Waals surface area contributed by atoms with Crippen molar-refractivity contribution >= 4 is 11.6 Å². The minimum Gasteiger partial charge on any atom is -0.324 e. The molecule has 0 bridgehead atoms.